The molecule has 0 heterocycles. The van der Waals surface area contributed by atoms with E-state index in [1.807, 2.05) is 0 Å². The minimum absolute atomic E-state index is 0.429. The van der Waals surface area contributed by atoms with Crippen molar-refractivity contribution in [2.24, 2.45) is 0 Å². The van der Waals surface area contributed by atoms with Crippen LogP contribution in [-0.2, 0) is 6.18 Å². The minimum Gasteiger partial charge on any atom is -0.381 e. The molecular formula is C10H9BrF3N. The Bertz CT molecular complexity index is 371. The molecule has 1 aliphatic rings. The van der Waals surface area contributed by atoms with Gasteiger partial charge in [0.2, 0.25) is 0 Å². The molecule has 1 aromatic carbocycles. The standard InChI is InChI=1S/C10H9BrF3N/c11-8-5-6(10(12,13)14)1-4-9(8)15-7-2-3-7/h1,4-5,7,15H,2-3H2. The van der Waals surface area contributed by atoms with E-state index in [4.69, 9.17) is 0 Å². The zero-order valence-corrected chi connectivity index (χ0v) is 9.32. The summed E-state index contributed by atoms with van der Waals surface area (Å²) in [5, 5.41) is 3.15. The zero-order valence-electron chi connectivity index (χ0n) is 7.74. The molecule has 0 atom stereocenters. The lowest BCUT2D eigenvalue weighted by atomic mass is 10.2. The van der Waals surface area contributed by atoms with Crippen molar-refractivity contribution >= 4 is 21.6 Å². The Labute approximate surface area is 93.8 Å². The summed E-state index contributed by atoms with van der Waals surface area (Å²) in [5.41, 5.74) is 0.0984. The number of rotatable bonds is 2. The van der Waals surface area contributed by atoms with Gasteiger partial charge >= 0.3 is 6.18 Å². The van der Waals surface area contributed by atoms with Crippen LogP contribution in [0.5, 0.6) is 0 Å². The summed E-state index contributed by atoms with van der Waals surface area (Å²) >= 11 is 3.13. The molecule has 2 rings (SSSR count). The Morgan fingerprint density at radius 1 is 1.27 bits per heavy atom. The van der Waals surface area contributed by atoms with Crippen molar-refractivity contribution < 1.29 is 13.2 Å². The smallest absolute Gasteiger partial charge is 0.381 e. The predicted octanol–water partition coefficient (Wildman–Crippen LogP) is 4.04. The van der Waals surface area contributed by atoms with Crippen LogP contribution in [0.25, 0.3) is 0 Å². The van der Waals surface area contributed by atoms with Crippen LogP contribution in [0.2, 0.25) is 0 Å². The van der Waals surface area contributed by atoms with Crippen molar-refractivity contribution in [3.8, 4) is 0 Å². The molecule has 0 amide bonds. The van der Waals surface area contributed by atoms with E-state index in [-0.39, 0.29) is 0 Å². The van der Waals surface area contributed by atoms with Crippen molar-refractivity contribution in [2.45, 2.75) is 25.1 Å². The van der Waals surface area contributed by atoms with E-state index in [2.05, 4.69) is 21.2 Å². The molecule has 1 saturated carbocycles. The van der Waals surface area contributed by atoms with Gasteiger partial charge in [-0.3, -0.25) is 0 Å². The van der Waals surface area contributed by atoms with E-state index >= 15 is 0 Å². The average Bonchev–Trinajstić information content (AvgIpc) is 2.90. The van der Waals surface area contributed by atoms with Gasteiger partial charge in [-0.25, -0.2) is 0 Å². The molecule has 1 nitrogen and oxygen atoms in total. The van der Waals surface area contributed by atoms with Crippen LogP contribution in [0.15, 0.2) is 22.7 Å². The van der Waals surface area contributed by atoms with Crippen molar-refractivity contribution in [3.05, 3.63) is 28.2 Å². The van der Waals surface area contributed by atoms with Gasteiger partial charge in [-0.2, -0.15) is 13.2 Å². The van der Waals surface area contributed by atoms with Crippen LogP contribution in [-0.4, -0.2) is 6.04 Å². The van der Waals surface area contributed by atoms with Crippen molar-refractivity contribution in [3.63, 3.8) is 0 Å². The second kappa shape index (κ2) is 3.70. The van der Waals surface area contributed by atoms with Crippen LogP contribution >= 0.6 is 15.9 Å². The molecule has 0 spiro atoms. The highest BCUT2D eigenvalue weighted by Crippen LogP contribution is 2.35. The fraction of sp³-hybridized carbons (Fsp3) is 0.400. The minimum atomic E-state index is -4.28. The first-order chi connectivity index (χ1) is 6.97. The summed E-state index contributed by atoms with van der Waals surface area (Å²) in [5.74, 6) is 0. The Balaban J connectivity index is 2.21. The summed E-state index contributed by atoms with van der Waals surface area (Å²) in [6.45, 7) is 0. The number of alkyl halides is 3. The normalized spacial score (nSPS) is 16.5. The number of hydrogen-bond acceptors (Lipinski definition) is 1. The topological polar surface area (TPSA) is 12.0 Å². The van der Waals surface area contributed by atoms with Gasteiger partial charge in [0.15, 0.2) is 0 Å². The predicted molar refractivity (Wildman–Crippen MR) is 55.8 cm³/mol. The number of nitrogens with one attached hydrogen (secondary N) is 1. The molecule has 82 valence electrons. The summed E-state index contributed by atoms with van der Waals surface area (Å²) in [6.07, 6.45) is -2.10. The maximum Gasteiger partial charge on any atom is 0.416 e. The van der Waals surface area contributed by atoms with E-state index in [1.165, 1.54) is 6.07 Å². The highest BCUT2D eigenvalue weighted by Gasteiger charge is 2.31. The average molecular weight is 280 g/mol. The van der Waals surface area contributed by atoms with Gasteiger partial charge in [0.05, 0.1) is 5.56 Å². The van der Waals surface area contributed by atoms with Crippen LogP contribution in [0, 0.1) is 0 Å². The third-order valence-corrected chi connectivity index (χ3v) is 2.89. The van der Waals surface area contributed by atoms with Crippen LogP contribution < -0.4 is 5.32 Å². The molecule has 1 fully saturated rings. The summed E-state index contributed by atoms with van der Waals surface area (Å²) < 4.78 is 37.5. The monoisotopic (exact) mass is 279 g/mol. The number of anilines is 1. The van der Waals surface area contributed by atoms with Crippen molar-refractivity contribution in [2.75, 3.05) is 5.32 Å². The molecule has 0 aliphatic heterocycles. The molecule has 1 N–H and O–H groups in total. The van der Waals surface area contributed by atoms with E-state index in [1.54, 1.807) is 0 Å². The summed E-state index contributed by atoms with van der Waals surface area (Å²) in [4.78, 5) is 0. The van der Waals surface area contributed by atoms with E-state index in [0.717, 1.165) is 30.7 Å². The largest absolute Gasteiger partial charge is 0.416 e. The van der Waals surface area contributed by atoms with Gasteiger partial charge in [0.25, 0.3) is 0 Å². The number of halogens is 4. The highest BCUT2D eigenvalue weighted by atomic mass is 79.9. The quantitative estimate of drug-likeness (QED) is 0.862. The maximum absolute atomic E-state index is 12.3. The van der Waals surface area contributed by atoms with Gasteiger partial charge < -0.3 is 5.32 Å². The summed E-state index contributed by atoms with van der Waals surface area (Å²) in [6, 6.07) is 4.09. The molecule has 5 heteroatoms. The molecule has 0 aromatic heterocycles. The van der Waals surface area contributed by atoms with Crippen LogP contribution in [0.4, 0.5) is 18.9 Å². The van der Waals surface area contributed by atoms with E-state index in [9.17, 15) is 13.2 Å². The number of hydrogen-bond donors (Lipinski definition) is 1. The number of benzene rings is 1. The van der Waals surface area contributed by atoms with Gasteiger partial charge in [0.1, 0.15) is 0 Å². The molecule has 0 bridgehead atoms. The van der Waals surface area contributed by atoms with Crippen LogP contribution in [0.1, 0.15) is 18.4 Å². The molecule has 1 aliphatic carbocycles. The first kappa shape index (κ1) is 10.8. The van der Waals surface area contributed by atoms with Crippen molar-refractivity contribution in [1.29, 1.82) is 0 Å². The van der Waals surface area contributed by atoms with Gasteiger partial charge in [-0.15, -0.1) is 0 Å². The Morgan fingerprint density at radius 3 is 2.40 bits per heavy atom. The lowest BCUT2D eigenvalue weighted by Gasteiger charge is -2.11. The zero-order chi connectivity index (χ0) is 11.1. The van der Waals surface area contributed by atoms with Crippen LogP contribution in [0.3, 0.4) is 0 Å². The second-order valence-corrected chi connectivity index (χ2v) is 4.47. The Morgan fingerprint density at radius 2 is 1.93 bits per heavy atom. The third kappa shape index (κ3) is 2.65. The molecule has 15 heavy (non-hydrogen) atoms. The Kier molecular flexibility index (Phi) is 2.66. The van der Waals surface area contributed by atoms with E-state index < -0.39 is 11.7 Å². The van der Waals surface area contributed by atoms with Gasteiger partial charge in [0, 0.05) is 16.2 Å². The van der Waals surface area contributed by atoms with Crippen molar-refractivity contribution in [1.82, 2.24) is 0 Å². The molecule has 0 radical (unpaired) electrons. The van der Waals surface area contributed by atoms with Gasteiger partial charge in [-0.05, 0) is 47.0 Å². The molecule has 1 aromatic rings. The molecular weight excluding hydrogens is 271 g/mol. The molecule has 0 unspecified atom stereocenters. The first-order valence-electron chi connectivity index (χ1n) is 4.60. The SMILES string of the molecule is FC(F)(F)c1ccc(NC2CC2)c(Br)c1. The fourth-order valence-corrected chi connectivity index (χ4v) is 1.75. The maximum atomic E-state index is 12.3. The lowest BCUT2D eigenvalue weighted by Crippen LogP contribution is -2.06. The third-order valence-electron chi connectivity index (χ3n) is 2.23. The highest BCUT2D eigenvalue weighted by molar-refractivity contribution is 9.10. The fourth-order valence-electron chi connectivity index (χ4n) is 1.26. The first-order valence-corrected chi connectivity index (χ1v) is 5.39. The van der Waals surface area contributed by atoms with Gasteiger partial charge in [-0.1, -0.05) is 0 Å². The summed E-state index contributed by atoms with van der Waals surface area (Å²) in [7, 11) is 0. The Hall–Kier alpha value is -0.710. The molecule has 0 saturated heterocycles. The lowest BCUT2D eigenvalue weighted by molar-refractivity contribution is -0.137. The second-order valence-electron chi connectivity index (χ2n) is 3.61. The van der Waals surface area contributed by atoms with E-state index in [0.29, 0.717) is 10.5 Å².